The number of hydrogen-bond donors (Lipinski definition) is 2. The number of aromatic nitrogens is 2. The van der Waals surface area contributed by atoms with Crippen molar-refractivity contribution in [3.05, 3.63) is 30.4 Å². The Hall–Kier alpha value is -2.55. The number of amides is 2. The summed E-state index contributed by atoms with van der Waals surface area (Å²) in [6.07, 6.45) is 4.51. The number of imidazole rings is 1. The van der Waals surface area contributed by atoms with Crippen LogP contribution in [0.1, 0.15) is 12.1 Å². The topological polar surface area (TPSA) is 77.9 Å². The molecule has 1 heterocycles. The molecule has 0 bridgehead atoms. The fourth-order valence-electron chi connectivity index (χ4n) is 2.43. The zero-order valence-electron chi connectivity index (χ0n) is 15.4. The minimum atomic E-state index is -0.343. The highest BCUT2D eigenvalue weighted by atomic mass is 32.1. The summed E-state index contributed by atoms with van der Waals surface area (Å²) in [6, 6.07) is 2.97. The summed E-state index contributed by atoms with van der Waals surface area (Å²) in [5.41, 5.74) is 1.48. The van der Waals surface area contributed by atoms with Gasteiger partial charge in [-0.3, -0.25) is 0 Å². The van der Waals surface area contributed by atoms with E-state index in [9.17, 15) is 4.79 Å². The molecule has 2 rings (SSSR count). The van der Waals surface area contributed by atoms with Crippen LogP contribution in [0.4, 0.5) is 10.5 Å². The number of rotatable bonds is 8. The van der Waals surface area contributed by atoms with Crippen LogP contribution in [0.15, 0.2) is 24.7 Å². The highest BCUT2D eigenvalue weighted by molar-refractivity contribution is 7.82. The summed E-state index contributed by atoms with van der Waals surface area (Å²) in [6.45, 7) is 3.23. The summed E-state index contributed by atoms with van der Waals surface area (Å²) in [5.74, 6) is 1.35. The van der Waals surface area contributed by atoms with E-state index < -0.39 is 0 Å². The minimum absolute atomic E-state index is 0.343. The molecule has 1 aromatic heterocycles. The Morgan fingerprint density at radius 1 is 1.23 bits per heavy atom. The van der Waals surface area contributed by atoms with Gasteiger partial charge in [-0.15, -0.1) is 0 Å². The predicted octanol–water partition coefficient (Wildman–Crippen LogP) is 2.67. The van der Waals surface area contributed by atoms with E-state index in [2.05, 4.69) is 23.1 Å². The van der Waals surface area contributed by atoms with Gasteiger partial charge in [0.2, 0.25) is 5.75 Å². The predicted molar refractivity (Wildman–Crippen MR) is 103 cm³/mol. The number of carbonyl (C=O) groups is 1. The highest BCUT2D eigenvalue weighted by Gasteiger charge is 2.18. The van der Waals surface area contributed by atoms with Gasteiger partial charge >= 0.3 is 6.03 Å². The van der Waals surface area contributed by atoms with E-state index in [1.54, 1.807) is 18.5 Å². The molecule has 0 aliphatic carbocycles. The zero-order valence-corrected chi connectivity index (χ0v) is 16.2. The molecule has 8 nitrogen and oxygen atoms in total. The Balaban J connectivity index is 1.96. The molecule has 0 fully saturated rings. The second-order valence-corrected chi connectivity index (χ2v) is 5.93. The Morgan fingerprint density at radius 3 is 2.38 bits per heavy atom. The molecule has 2 aromatic rings. The Labute approximate surface area is 158 Å². The van der Waals surface area contributed by atoms with Gasteiger partial charge < -0.3 is 24.1 Å². The van der Waals surface area contributed by atoms with Gasteiger partial charge in [-0.2, -0.15) is 0 Å². The molecule has 0 radical (unpaired) electrons. The van der Waals surface area contributed by atoms with Crippen molar-refractivity contribution in [2.75, 3.05) is 32.2 Å². The molecule has 0 aliphatic heterocycles. The van der Waals surface area contributed by atoms with E-state index in [1.165, 1.54) is 25.6 Å². The molecule has 0 saturated carbocycles. The maximum absolute atomic E-state index is 12.3. The molecular formula is C17H24N4O4S. The van der Waals surface area contributed by atoms with Crippen molar-refractivity contribution in [3.63, 3.8) is 0 Å². The van der Waals surface area contributed by atoms with Crippen molar-refractivity contribution in [1.82, 2.24) is 14.9 Å². The van der Waals surface area contributed by atoms with Crippen molar-refractivity contribution in [1.29, 1.82) is 0 Å². The fraction of sp³-hybridized carbons (Fsp3) is 0.412. The number of ether oxygens (including phenoxy) is 3. The lowest BCUT2D eigenvalue weighted by Gasteiger charge is -2.20. The maximum atomic E-state index is 12.3. The van der Waals surface area contributed by atoms with Gasteiger partial charge in [-0.05, 0) is 13.3 Å². The van der Waals surface area contributed by atoms with E-state index in [1.807, 2.05) is 17.7 Å². The van der Waals surface area contributed by atoms with Crippen molar-refractivity contribution < 1.29 is 19.0 Å². The van der Waals surface area contributed by atoms with Crippen molar-refractivity contribution in [2.24, 2.45) is 0 Å². The van der Waals surface area contributed by atoms with Crippen LogP contribution in [-0.2, 0) is 6.54 Å². The number of aryl methyl sites for hydroxylation is 2. The molecule has 142 valence electrons. The molecule has 0 saturated heterocycles. The molecule has 0 atom stereocenters. The first kappa shape index (κ1) is 19.8. The van der Waals surface area contributed by atoms with E-state index >= 15 is 0 Å². The lowest BCUT2D eigenvalue weighted by molar-refractivity contribution is 0.249. The monoisotopic (exact) mass is 380 g/mol. The SMILES string of the molecule is COc1cc(N(S)C(=O)NCCCn2cnc(C)c2)cc(OC)c1OC. The summed E-state index contributed by atoms with van der Waals surface area (Å²) in [7, 11) is 4.55. The van der Waals surface area contributed by atoms with Gasteiger partial charge in [0.05, 0.1) is 39.0 Å². The smallest absolute Gasteiger partial charge is 0.331 e. The largest absolute Gasteiger partial charge is 0.493 e. The average molecular weight is 380 g/mol. The van der Waals surface area contributed by atoms with E-state index in [0.29, 0.717) is 29.5 Å². The first-order chi connectivity index (χ1) is 12.5. The van der Waals surface area contributed by atoms with E-state index in [0.717, 1.165) is 18.7 Å². The third-order valence-electron chi connectivity index (χ3n) is 3.72. The summed E-state index contributed by atoms with van der Waals surface area (Å²) < 4.78 is 19.0. The van der Waals surface area contributed by atoms with Gasteiger partial charge in [0.25, 0.3) is 0 Å². The first-order valence-electron chi connectivity index (χ1n) is 8.05. The van der Waals surface area contributed by atoms with E-state index in [4.69, 9.17) is 14.2 Å². The molecular weight excluding hydrogens is 356 g/mol. The number of nitrogens with zero attached hydrogens (tertiary/aromatic N) is 3. The normalized spacial score (nSPS) is 10.3. The number of urea groups is 1. The molecule has 0 unspecified atom stereocenters. The third-order valence-corrected chi connectivity index (χ3v) is 4.13. The van der Waals surface area contributed by atoms with Crippen molar-refractivity contribution in [2.45, 2.75) is 19.9 Å². The minimum Gasteiger partial charge on any atom is -0.493 e. The number of anilines is 1. The summed E-state index contributed by atoms with van der Waals surface area (Å²) in [4.78, 5) is 16.5. The Kier molecular flexibility index (Phi) is 7.02. The maximum Gasteiger partial charge on any atom is 0.331 e. The summed E-state index contributed by atoms with van der Waals surface area (Å²) >= 11 is 4.28. The van der Waals surface area contributed by atoms with Gasteiger partial charge in [0.1, 0.15) is 0 Å². The lowest BCUT2D eigenvalue weighted by Crippen LogP contribution is -2.34. The molecule has 0 spiro atoms. The van der Waals surface area contributed by atoms with E-state index in [-0.39, 0.29) is 6.03 Å². The van der Waals surface area contributed by atoms with Crippen molar-refractivity contribution >= 4 is 24.5 Å². The number of hydrogen-bond acceptors (Lipinski definition) is 6. The van der Waals surface area contributed by atoms with Crippen LogP contribution in [0, 0.1) is 6.92 Å². The quantitative estimate of drug-likeness (QED) is 0.544. The Morgan fingerprint density at radius 2 is 1.88 bits per heavy atom. The average Bonchev–Trinajstić information content (AvgIpc) is 3.08. The number of benzene rings is 1. The standard InChI is InChI=1S/C17H24N4O4S/c1-12-10-20(11-19-12)7-5-6-18-17(22)21(26)13-8-14(23-2)16(25-4)15(9-13)24-3/h8-11,26H,5-7H2,1-4H3,(H,18,22). The van der Waals surface area contributed by atoms with Crippen LogP contribution in [0.2, 0.25) is 0 Å². The second-order valence-electron chi connectivity index (χ2n) is 5.53. The lowest BCUT2D eigenvalue weighted by atomic mass is 10.2. The molecule has 26 heavy (non-hydrogen) atoms. The first-order valence-corrected chi connectivity index (χ1v) is 8.45. The van der Waals surface area contributed by atoms with Crippen LogP contribution >= 0.6 is 12.8 Å². The number of methoxy groups -OCH3 is 3. The molecule has 9 heteroatoms. The van der Waals surface area contributed by atoms with Crippen LogP contribution in [0.5, 0.6) is 17.2 Å². The second kappa shape index (κ2) is 9.23. The number of carbonyl (C=O) groups excluding carboxylic acids is 1. The third kappa shape index (κ3) is 4.75. The number of nitrogens with one attached hydrogen (secondary N) is 1. The number of thiol groups is 1. The zero-order chi connectivity index (χ0) is 19.1. The van der Waals surface area contributed by atoms with Crippen molar-refractivity contribution in [3.8, 4) is 17.2 Å². The van der Waals surface area contributed by atoms with Crippen LogP contribution < -0.4 is 23.8 Å². The molecule has 2 amide bonds. The van der Waals surface area contributed by atoms with Crippen LogP contribution in [0.25, 0.3) is 0 Å². The molecule has 0 aliphatic rings. The summed E-state index contributed by atoms with van der Waals surface area (Å²) in [5, 5.41) is 2.83. The van der Waals surface area contributed by atoms with Gasteiger partial charge in [-0.1, -0.05) is 12.8 Å². The van der Waals surface area contributed by atoms with Gasteiger partial charge in [0.15, 0.2) is 11.5 Å². The Bertz CT molecular complexity index is 725. The molecule has 1 N–H and O–H groups in total. The molecule has 1 aromatic carbocycles. The van der Waals surface area contributed by atoms with Crippen LogP contribution in [0.3, 0.4) is 0 Å². The highest BCUT2D eigenvalue weighted by Crippen LogP contribution is 2.41. The van der Waals surface area contributed by atoms with Crippen LogP contribution in [-0.4, -0.2) is 43.5 Å². The van der Waals surface area contributed by atoms with Gasteiger partial charge in [-0.25, -0.2) is 14.1 Å². The fourth-order valence-corrected chi connectivity index (χ4v) is 2.62. The van der Waals surface area contributed by atoms with Gasteiger partial charge in [0, 0.05) is 31.4 Å².